The third kappa shape index (κ3) is 2.68. The Bertz CT molecular complexity index is 267. The molecule has 1 saturated heterocycles. The summed E-state index contributed by atoms with van der Waals surface area (Å²) in [5.41, 5.74) is 0. The summed E-state index contributed by atoms with van der Waals surface area (Å²) in [6, 6.07) is 0.522. The molecule has 1 aliphatic heterocycles. The zero-order valence-electron chi connectivity index (χ0n) is 9.16. The predicted octanol–water partition coefficient (Wildman–Crippen LogP) is 0.408. The fourth-order valence-electron chi connectivity index (χ4n) is 1.87. The number of nitrogens with zero attached hydrogens (tertiary/aromatic N) is 1. The Balaban J connectivity index is 2.52. The lowest BCUT2D eigenvalue weighted by Gasteiger charge is -2.33. The summed E-state index contributed by atoms with van der Waals surface area (Å²) in [6.07, 6.45) is 1.50. The van der Waals surface area contributed by atoms with E-state index in [0.29, 0.717) is 6.04 Å². The first-order valence-corrected chi connectivity index (χ1v) is 6.68. The van der Waals surface area contributed by atoms with Gasteiger partial charge in [-0.15, -0.1) is 0 Å². The van der Waals surface area contributed by atoms with E-state index in [1.807, 2.05) is 0 Å². The Morgan fingerprint density at radius 1 is 1.29 bits per heavy atom. The van der Waals surface area contributed by atoms with Crippen molar-refractivity contribution in [2.75, 3.05) is 20.1 Å². The van der Waals surface area contributed by atoms with E-state index in [1.54, 1.807) is 0 Å². The molecule has 0 aromatic heterocycles. The molecule has 0 amide bonds. The van der Waals surface area contributed by atoms with Crippen molar-refractivity contribution in [1.82, 2.24) is 9.62 Å². The summed E-state index contributed by atoms with van der Waals surface area (Å²) in [5.74, 6) is 0. The summed E-state index contributed by atoms with van der Waals surface area (Å²) < 4.78 is 25.4. The van der Waals surface area contributed by atoms with Gasteiger partial charge in [0.1, 0.15) is 0 Å². The highest BCUT2D eigenvalue weighted by Gasteiger charge is 2.29. The molecule has 0 saturated carbocycles. The molecule has 0 aromatic carbocycles. The lowest BCUT2D eigenvalue weighted by Crippen LogP contribution is -2.44. The molecule has 0 radical (unpaired) electrons. The van der Waals surface area contributed by atoms with Crippen LogP contribution in [0.5, 0.6) is 0 Å². The van der Waals surface area contributed by atoms with Crippen LogP contribution in [0, 0.1) is 0 Å². The van der Waals surface area contributed by atoms with Crippen molar-refractivity contribution in [1.29, 1.82) is 0 Å². The van der Waals surface area contributed by atoms with Crippen LogP contribution in [0.25, 0.3) is 0 Å². The summed E-state index contributed by atoms with van der Waals surface area (Å²) in [7, 11) is -1.56. The zero-order valence-corrected chi connectivity index (χ0v) is 9.97. The highest BCUT2D eigenvalue weighted by Crippen LogP contribution is 2.18. The molecule has 0 unspecified atom stereocenters. The molecule has 1 heterocycles. The Labute approximate surface area is 86.7 Å². The van der Waals surface area contributed by atoms with Gasteiger partial charge in [0, 0.05) is 6.04 Å². The predicted molar refractivity (Wildman–Crippen MR) is 57.7 cm³/mol. The van der Waals surface area contributed by atoms with Gasteiger partial charge in [0.05, 0.1) is 5.25 Å². The van der Waals surface area contributed by atoms with E-state index in [2.05, 4.69) is 23.5 Å². The van der Waals surface area contributed by atoms with Gasteiger partial charge in [-0.25, -0.2) is 13.1 Å². The maximum Gasteiger partial charge on any atom is 0.214 e. The van der Waals surface area contributed by atoms with Crippen molar-refractivity contribution >= 4 is 10.0 Å². The standard InChI is InChI=1S/C9H20N2O2S/c1-8(2)11-6-4-9(5-7-11)14(12,13)10-3/h8-10H,4-7H2,1-3H3. The van der Waals surface area contributed by atoms with E-state index in [4.69, 9.17) is 0 Å². The maximum atomic E-state index is 11.5. The summed E-state index contributed by atoms with van der Waals surface area (Å²) in [6.45, 7) is 6.08. The molecule has 1 aliphatic rings. The summed E-state index contributed by atoms with van der Waals surface area (Å²) >= 11 is 0. The van der Waals surface area contributed by atoms with Crippen molar-refractivity contribution in [3.8, 4) is 0 Å². The lowest BCUT2D eigenvalue weighted by molar-refractivity contribution is 0.186. The zero-order chi connectivity index (χ0) is 10.8. The van der Waals surface area contributed by atoms with Gasteiger partial charge in [0.15, 0.2) is 0 Å². The van der Waals surface area contributed by atoms with E-state index >= 15 is 0 Å². The van der Waals surface area contributed by atoms with Crippen LogP contribution in [-0.2, 0) is 10.0 Å². The molecule has 5 heteroatoms. The number of nitrogens with one attached hydrogen (secondary N) is 1. The van der Waals surface area contributed by atoms with E-state index in [9.17, 15) is 8.42 Å². The van der Waals surface area contributed by atoms with Crippen molar-refractivity contribution in [2.45, 2.75) is 38.0 Å². The molecule has 1 fully saturated rings. The Morgan fingerprint density at radius 3 is 2.14 bits per heavy atom. The second-order valence-electron chi connectivity index (χ2n) is 4.08. The maximum absolute atomic E-state index is 11.5. The molecule has 84 valence electrons. The first-order valence-electron chi connectivity index (χ1n) is 5.14. The molecule has 0 bridgehead atoms. The largest absolute Gasteiger partial charge is 0.301 e. The number of hydrogen-bond acceptors (Lipinski definition) is 3. The van der Waals surface area contributed by atoms with Crippen LogP contribution in [0.3, 0.4) is 0 Å². The van der Waals surface area contributed by atoms with Crippen LogP contribution in [0.4, 0.5) is 0 Å². The minimum Gasteiger partial charge on any atom is -0.301 e. The monoisotopic (exact) mass is 220 g/mol. The normalized spacial score (nSPS) is 21.7. The second-order valence-corrected chi connectivity index (χ2v) is 6.24. The first-order chi connectivity index (χ1) is 6.47. The summed E-state index contributed by atoms with van der Waals surface area (Å²) in [4.78, 5) is 2.32. The third-order valence-corrected chi connectivity index (χ3v) is 4.85. The molecular weight excluding hydrogens is 200 g/mol. The Hall–Kier alpha value is -0.130. The minimum absolute atomic E-state index is 0.192. The fourth-order valence-corrected chi connectivity index (χ4v) is 3.03. The van der Waals surface area contributed by atoms with Crippen molar-refractivity contribution in [3.63, 3.8) is 0 Å². The van der Waals surface area contributed by atoms with E-state index in [0.717, 1.165) is 25.9 Å². The fraction of sp³-hybridized carbons (Fsp3) is 1.00. The first kappa shape index (κ1) is 11.9. The number of sulfonamides is 1. The lowest BCUT2D eigenvalue weighted by atomic mass is 10.1. The molecular formula is C9H20N2O2S. The number of likely N-dealkylation sites (tertiary alicyclic amines) is 1. The van der Waals surface area contributed by atoms with Gasteiger partial charge >= 0.3 is 0 Å². The number of rotatable bonds is 3. The van der Waals surface area contributed by atoms with Gasteiger partial charge in [-0.3, -0.25) is 0 Å². The van der Waals surface area contributed by atoms with E-state index in [-0.39, 0.29) is 5.25 Å². The molecule has 0 atom stereocenters. The third-order valence-electron chi connectivity index (χ3n) is 2.93. The van der Waals surface area contributed by atoms with Gasteiger partial charge in [-0.2, -0.15) is 0 Å². The van der Waals surface area contributed by atoms with Crippen molar-refractivity contribution in [3.05, 3.63) is 0 Å². The van der Waals surface area contributed by atoms with Gasteiger partial charge in [0.2, 0.25) is 10.0 Å². The van der Waals surface area contributed by atoms with Crippen LogP contribution in [0.15, 0.2) is 0 Å². The van der Waals surface area contributed by atoms with Gasteiger partial charge in [-0.1, -0.05) is 0 Å². The Kier molecular flexibility index (Phi) is 3.92. The molecule has 14 heavy (non-hydrogen) atoms. The smallest absolute Gasteiger partial charge is 0.214 e. The van der Waals surface area contributed by atoms with Crippen molar-refractivity contribution in [2.24, 2.45) is 0 Å². The van der Waals surface area contributed by atoms with Crippen molar-refractivity contribution < 1.29 is 8.42 Å². The average molecular weight is 220 g/mol. The molecule has 0 spiro atoms. The van der Waals surface area contributed by atoms with E-state index < -0.39 is 10.0 Å². The quantitative estimate of drug-likeness (QED) is 0.749. The number of piperidine rings is 1. The average Bonchev–Trinajstić information content (AvgIpc) is 2.18. The van der Waals surface area contributed by atoms with Crippen LogP contribution >= 0.6 is 0 Å². The molecule has 1 rings (SSSR count). The summed E-state index contributed by atoms with van der Waals surface area (Å²) in [5, 5.41) is -0.192. The molecule has 1 N–H and O–H groups in total. The molecule has 4 nitrogen and oxygen atoms in total. The van der Waals surface area contributed by atoms with Crippen LogP contribution in [0.1, 0.15) is 26.7 Å². The molecule has 0 aromatic rings. The van der Waals surface area contributed by atoms with Crippen LogP contribution < -0.4 is 4.72 Å². The van der Waals surface area contributed by atoms with Gasteiger partial charge in [0.25, 0.3) is 0 Å². The SMILES string of the molecule is CNS(=O)(=O)C1CCN(C(C)C)CC1. The Morgan fingerprint density at radius 2 is 1.79 bits per heavy atom. The van der Waals surface area contributed by atoms with Crippen LogP contribution in [-0.4, -0.2) is 44.7 Å². The van der Waals surface area contributed by atoms with Gasteiger partial charge in [-0.05, 0) is 46.8 Å². The number of hydrogen-bond donors (Lipinski definition) is 1. The van der Waals surface area contributed by atoms with Crippen LogP contribution in [0.2, 0.25) is 0 Å². The highest BCUT2D eigenvalue weighted by atomic mass is 32.2. The topological polar surface area (TPSA) is 49.4 Å². The minimum atomic E-state index is -3.05. The second kappa shape index (κ2) is 4.59. The molecule has 0 aliphatic carbocycles. The van der Waals surface area contributed by atoms with Gasteiger partial charge < -0.3 is 4.90 Å². The van der Waals surface area contributed by atoms with E-state index in [1.165, 1.54) is 7.05 Å². The highest BCUT2D eigenvalue weighted by molar-refractivity contribution is 7.90.